The molecule has 9 atom stereocenters. The summed E-state index contributed by atoms with van der Waals surface area (Å²) < 4.78 is 0. The number of halogens is 1. The smallest absolute Gasteiger partial charge is 0.190 e. The zero-order valence-electron chi connectivity index (χ0n) is 16.8. The number of hydrogen-bond donors (Lipinski definition) is 3. The summed E-state index contributed by atoms with van der Waals surface area (Å²) in [6.45, 7) is 5.19. The zero-order valence-corrected chi connectivity index (χ0v) is 17.6. The van der Waals surface area contributed by atoms with Gasteiger partial charge < -0.3 is 15.3 Å². The molecule has 5 nitrogen and oxygen atoms in total. The lowest BCUT2D eigenvalue weighted by atomic mass is 9.45. The fourth-order valence-electron chi connectivity index (χ4n) is 7.74. The van der Waals surface area contributed by atoms with Crippen LogP contribution in [0, 0.1) is 34.5 Å². The summed E-state index contributed by atoms with van der Waals surface area (Å²) >= 11 is 6.77. The Kier molecular flexibility index (Phi) is 4.67. The first kappa shape index (κ1) is 20.5. The third kappa shape index (κ3) is 2.36. The quantitative estimate of drug-likeness (QED) is 0.607. The van der Waals surface area contributed by atoms with Gasteiger partial charge >= 0.3 is 0 Å². The third-order valence-corrected chi connectivity index (χ3v) is 9.44. The van der Waals surface area contributed by atoms with Crippen molar-refractivity contribution in [2.45, 2.75) is 70.0 Å². The van der Waals surface area contributed by atoms with E-state index in [0.717, 1.165) is 5.57 Å². The molecule has 0 bridgehead atoms. The van der Waals surface area contributed by atoms with Gasteiger partial charge in [0.15, 0.2) is 11.6 Å². The minimum Gasteiger partial charge on any atom is -0.393 e. The van der Waals surface area contributed by atoms with E-state index in [4.69, 9.17) is 11.6 Å². The molecule has 4 rings (SSSR count). The largest absolute Gasteiger partial charge is 0.393 e. The summed E-state index contributed by atoms with van der Waals surface area (Å²) in [7, 11) is 0. The van der Waals surface area contributed by atoms with Gasteiger partial charge in [0.05, 0.1) is 11.5 Å². The number of fused-ring (bicyclic) bond motifs is 5. The number of alkyl halides is 1. The molecule has 0 aromatic rings. The summed E-state index contributed by atoms with van der Waals surface area (Å²) in [4.78, 5) is 24.6. The molecule has 28 heavy (non-hydrogen) atoms. The van der Waals surface area contributed by atoms with Crippen molar-refractivity contribution in [1.82, 2.24) is 0 Å². The highest BCUT2D eigenvalue weighted by molar-refractivity contribution is 6.23. The summed E-state index contributed by atoms with van der Waals surface area (Å²) in [6.07, 6.45) is 3.76. The first-order valence-corrected chi connectivity index (χ1v) is 10.9. The molecule has 3 N–H and O–H groups in total. The Morgan fingerprint density at radius 2 is 2.00 bits per heavy atom. The van der Waals surface area contributed by atoms with Crippen molar-refractivity contribution in [2.75, 3.05) is 6.61 Å². The SMILES string of the molecule is CC1C[C@H]2[C@@H]3CC(Cl)C4=CC(=O)CC[C@]4(C)[C@H]3[C@@H](O)C[C@]2(C)[C@@]1(O)C(=O)CO. The van der Waals surface area contributed by atoms with Crippen LogP contribution in [0.1, 0.15) is 52.9 Å². The summed E-state index contributed by atoms with van der Waals surface area (Å²) in [5, 5.41) is 32.0. The van der Waals surface area contributed by atoms with Crippen LogP contribution in [0.15, 0.2) is 11.6 Å². The van der Waals surface area contributed by atoms with Crippen molar-refractivity contribution in [1.29, 1.82) is 0 Å². The minimum atomic E-state index is -1.64. The predicted octanol–water partition coefficient (Wildman–Crippen LogP) is 2.24. The van der Waals surface area contributed by atoms with Crippen molar-refractivity contribution in [3.05, 3.63) is 11.6 Å². The normalized spacial score (nSPS) is 53.1. The highest BCUT2D eigenvalue weighted by atomic mass is 35.5. The molecular weight excluding hydrogens is 380 g/mol. The number of aliphatic hydroxyl groups is 3. The maximum Gasteiger partial charge on any atom is 0.190 e. The van der Waals surface area contributed by atoms with Gasteiger partial charge in [0.2, 0.25) is 0 Å². The van der Waals surface area contributed by atoms with Crippen molar-refractivity contribution >= 4 is 23.2 Å². The van der Waals surface area contributed by atoms with E-state index in [-0.39, 0.29) is 40.2 Å². The second-order valence-corrected chi connectivity index (χ2v) is 10.7. The van der Waals surface area contributed by atoms with Crippen LogP contribution in [-0.2, 0) is 9.59 Å². The number of allylic oxidation sites excluding steroid dienone is 1. The summed E-state index contributed by atoms with van der Waals surface area (Å²) in [6, 6.07) is 0. The van der Waals surface area contributed by atoms with Gasteiger partial charge in [0.25, 0.3) is 0 Å². The highest BCUT2D eigenvalue weighted by Crippen LogP contribution is 2.69. The van der Waals surface area contributed by atoms with Gasteiger partial charge in [-0.25, -0.2) is 0 Å². The van der Waals surface area contributed by atoms with Crippen LogP contribution in [0.2, 0.25) is 0 Å². The van der Waals surface area contributed by atoms with E-state index in [1.165, 1.54) is 0 Å². The van der Waals surface area contributed by atoms with Crippen molar-refractivity contribution < 1.29 is 24.9 Å². The van der Waals surface area contributed by atoms with Gasteiger partial charge in [0, 0.05) is 11.8 Å². The number of carbonyl (C=O) groups excluding carboxylic acids is 2. The Morgan fingerprint density at radius 1 is 1.32 bits per heavy atom. The van der Waals surface area contributed by atoms with E-state index in [9.17, 15) is 24.9 Å². The van der Waals surface area contributed by atoms with E-state index in [0.29, 0.717) is 32.1 Å². The predicted molar refractivity (Wildman–Crippen MR) is 105 cm³/mol. The molecule has 3 fully saturated rings. The molecule has 4 aliphatic carbocycles. The number of Topliss-reactive ketones (excluding diaryl/α,β-unsaturated/α-hetero) is 1. The van der Waals surface area contributed by atoms with Crippen molar-refractivity contribution in [2.24, 2.45) is 34.5 Å². The Morgan fingerprint density at radius 3 is 2.64 bits per heavy atom. The molecule has 3 saturated carbocycles. The van der Waals surface area contributed by atoms with Crippen molar-refractivity contribution in [3.63, 3.8) is 0 Å². The molecule has 4 aliphatic rings. The molecule has 0 amide bonds. The first-order valence-electron chi connectivity index (χ1n) is 10.4. The van der Waals surface area contributed by atoms with Crippen LogP contribution in [0.4, 0.5) is 0 Å². The highest BCUT2D eigenvalue weighted by Gasteiger charge is 2.71. The Labute approximate surface area is 171 Å². The third-order valence-electron chi connectivity index (χ3n) is 9.02. The Bertz CT molecular complexity index is 749. The molecule has 0 saturated heterocycles. The lowest BCUT2D eigenvalue weighted by Gasteiger charge is -2.61. The van der Waals surface area contributed by atoms with E-state index in [1.807, 2.05) is 13.8 Å². The van der Waals surface area contributed by atoms with Crippen LogP contribution in [0.5, 0.6) is 0 Å². The van der Waals surface area contributed by atoms with E-state index >= 15 is 0 Å². The fraction of sp³-hybridized carbons (Fsp3) is 0.818. The molecule has 0 aliphatic heterocycles. The monoisotopic (exact) mass is 410 g/mol. The lowest BCUT2D eigenvalue weighted by Crippen LogP contribution is -2.63. The number of carbonyl (C=O) groups is 2. The summed E-state index contributed by atoms with van der Waals surface area (Å²) in [5.74, 6) is -0.686. The second kappa shape index (κ2) is 6.37. The van der Waals surface area contributed by atoms with Gasteiger partial charge in [-0.05, 0) is 66.4 Å². The first-order chi connectivity index (χ1) is 13.0. The van der Waals surface area contributed by atoms with Crippen LogP contribution in [0.3, 0.4) is 0 Å². The average Bonchev–Trinajstić information content (AvgIpc) is 2.83. The number of rotatable bonds is 2. The maximum absolute atomic E-state index is 12.6. The number of ketones is 2. The second-order valence-electron chi connectivity index (χ2n) is 10.2. The number of aliphatic hydroxyl groups excluding tert-OH is 2. The van der Waals surface area contributed by atoms with E-state index < -0.39 is 29.5 Å². The van der Waals surface area contributed by atoms with Crippen LogP contribution in [0.25, 0.3) is 0 Å². The summed E-state index contributed by atoms with van der Waals surface area (Å²) in [5.41, 5.74) is -1.83. The van der Waals surface area contributed by atoms with Gasteiger partial charge in [-0.1, -0.05) is 20.8 Å². The lowest BCUT2D eigenvalue weighted by molar-refractivity contribution is -0.186. The molecule has 0 aromatic heterocycles. The molecule has 2 unspecified atom stereocenters. The Balaban J connectivity index is 1.80. The maximum atomic E-state index is 12.6. The molecule has 0 aromatic carbocycles. The van der Waals surface area contributed by atoms with Gasteiger partial charge in [-0.15, -0.1) is 11.6 Å². The van der Waals surface area contributed by atoms with E-state index in [1.54, 1.807) is 6.08 Å². The van der Waals surface area contributed by atoms with Crippen LogP contribution >= 0.6 is 11.6 Å². The molecule has 156 valence electrons. The van der Waals surface area contributed by atoms with E-state index in [2.05, 4.69) is 6.92 Å². The molecule has 0 spiro atoms. The standard InChI is InChI=1S/C22H31ClO5/c1-11-6-14-13-8-16(23)15-7-12(25)4-5-20(15,2)19(13)17(26)9-21(14,3)22(11,28)18(27)10-24/h7,11,13-14,16-17,19,24,26,28H,4-6,8-10H2,1-3H3/t11?,13-,14-,16?,17-,19+,20-,21-,22-/m0/s1. The van der Waals surface area contributed by atoms with Gasteiger partial charge in [-0.2, -0.15) is 0 Å². The van der Waals surface area contributed by atoms with Crippen LogP contribution in [-0.4, -0.2) is 50.6 Å². The molecule has 6 heteroatoms. The molecular formula is C22H31ClO5. The average molecular weight is 411 g/mol. The van der Waals surface area contributed by atoms with Crippen LogP contribution < -0.4 is 0 Å². The van der Waals surface area contributed by atoms with Gasteiger partial charge in [0.1, 0.15) is 12.2 Å². The van der Waals surface area contributed by atoms with Crippen molar-refractivity contribution in [3.8, 4) is 0 Å². The fourth-order valence-corrected chi connectivity index (χ4v) is 8.26. The Hall–Kier alpha value is -0.750. The topological polar surface area (TPSA) is 94.8 Å². The molecule has 0 radical (unpaired) electrons. The van der Waals surface area contributed by atoms with Gasteiger partial charge in [-0.3, -0.25) is 9.59 Å². The number of hydrogen-bond acceptors (Lipinski definition) is 5. The molecule has 0 heterocycles. The minimum absolute atomic E-state index is 0.0358. The zero-order chi connectivity index (χ0) is 20.6.